The Hall–Kier alpha value is -2.94. The molecule has 2 rings (SSSR count). The first kappa shape index (κ1) is 19.4. The number of hydrogen-bond donors (Lipinski definition) is 1. The van der Waals surface area contributed by atoms with Gasteiger partial charge in [-0.25, -0.2) is 8.42 Å². The Bertz CT molecular complexity index is 964. The van der Waals surface area contributed by atoms with Gasteiger partial charge in [0.1, 0.15) is 6.54 Å². The molecule has 0 saturated carbocycles. The van der Waals surface area contributed by atoms with Crippen LogP contribution in [0.1, 0.15) is 16.7 Å². The summed E-state index contributed by atoms with van der Waals surface area (Å²) in [5.41, 5.74) is 1.32. The van der Waals surface area contributed by atoms with Gasteiger partial charge in [-0.3, -0.25) is 19.2 Å². The van der Waals surface area contributed by atoms with Crippen molar-refractivity contribution in [3.05, 3.63) is 63.2 Å². The van der Waals surface area contributed by atoms with Crippen LogP contribution in [0, 0.1) is 30.9 Å². The van der Waals surface area contributed by atoms with E-state index in [1.807, 2.05) is 0 Å². The number of benzene rings is 2. The van der Waals surface area contributed by atoms with E-state index in [0.29, 0.717) is 11.1 Å². The number of nitrogens with zero attached hydrogens (tertiary/aromatic N) is 2. The molecule has 0 atom stereocenters. The quantitative estimate of drug-likeness (QED) is 0.610. The Morgan fingerprint density at radius 2 is 1.69 bits per heavy atom. The van der Waals surface area contributed by atoms with E-state index in [2.05, 4.69) is 0 Å². The fraction of sp³-hybridized carbons (Fsp3) is 0.235. The Morgan fingerprint density at radius 3 is 2.19 bits per heavy atom. The van der Waals surface area contributed by atoms with Gasteiger partial charge in [-0.2, -0.15) is 0 Å². The lowest BCUT2D eigenvalue weighted by molar-refractivity contribution is -0.385. The normalized spacial score (nSPS) is 11.2. The van der Waals surface area contributed by atoms with Gasteiger partial charge in [0, 0.05) is 12.1 Å². The van der Waals surface area contributed by atoms with Crippen molar-refractivity contribution in [2.24, 2.45) is 0 Å². The number of rotatable bonds is 6. The Labute approximate surface area is 150 Å². The van der Waals surface area contributed by atoms with Crippen molar-refractivity contribution in [2.45, 2.75) is 25.7 Å². The van der Waals surface area contributed by atoms with Gasteiger partial charge in [-0.1, -0.05) is 24.3 Å². The largest absolute Gasteiger partial charge is 0.480 e. The van der Waals surface area contributed by atoms with Crippen LogP contribution in [0.25, 0.3) is 0 Å². The number of aryl methyl sites for hydroxylation is 3. The monoisotopic (exact) mass is 378 g/mol. The average molecular weight is 378 g/mol. The van der Waals surface area contributed by atoms with E-state index in [1.165, 1.54) is 19.1 Å². The molecule has 138 valence electrons. The van der Waals surface area contributed by atoms with Crippen molar-refractivity contribution in [1.82, 2.24) is 0 Å². The SMILES string of the molecule is Cc1ccc([N+](=O)[O-])cc1S(=O)(=O)N(CC(=O)O)c1c(C)cccc1C. The number of para-hydroxylation sites is 1. The molecule has 2 aromatic rings. The minimum atomic E-state index is -4.33. The third-order valence-corrected chi connectivity index (χ3v) is 5.81. The van der Waals surface area contributed by atoms with Crippen LogP contribution in [0.5, 0.6) is 0 Å². The maximum atomic E-state index is 13.2. The zero-order valence-corrected chi connectivity index (χ0v) is 15.3. The molecule has 26 heavy (non-hydrogen) atoms. The van der Waals surface area contributed by atoms with Gasteiger partial charge in [0.05, 0.1) is 15.5 Å². The fourth-order valence-electron chi connectivity index (χ4n) is 2.71. The van der Waals surface area contributed by atoms with Gasteiger partial charge >= 0.3 is 5.97 Å². The summed E-state index contributed by atoms with van der Waals surface area (Å²) in [5.74, 6) is -1.33. The first-order valence-electron chi connectivity index (χ1n) is 7.61. The fourth-order valence-corrected chi connectivity index (χ4v) is 4.50. The van der Waals surface area contributed by atoms with Crippen LogP contribution in [-0.4, -0.2) is 31.0 Å². The van der Waals surface area contributed by atoms with E-state index >= 15 is 0 Å². The first-order valence-corrected chi connectivity index (χ1v) is 9.05. The van der Waals surface area contributed by atoms with E-state index in [9.17, 15) is 28.4 Å². The summed E-state index contributed by atoms with van der Waals surface area (Å²) in [7, 11) is -4.33. The molecule has 2 aromatic carbocycles. The molecule has 0 bridgehead atoms. The molecular formula is C17H18N2O6S. The molecule has 0 aliphatic rings. The maximum Gasteiger partial charge on any atom is 0.324 e. The Balaban J connectivity index is 2.74. The second kappa shape index (κ2) is 7.12. The van der Waals surface area contributed by atoms with Gasteiger partial charge < -0.3 is 5.11 Å². The molecular weight excluding hydrogens is 360 g/mol. The second-order valence-electron chi connectivity index (χ2n) is 5.85. The molecule has 9 heteroatoms. The molecule has 8 nitrogen and oxygen atoms in total. The van der Waals surface area contributed by atoms with E-state index in [1.54, 1.807) is 32.0 Å². The molecule has 0 fully saturated rings. The summed E-state index contributed by atoms with van der Waals surface area (Å²) in [4.78, 5) is 21.4. The number of nitro benzene ring substituents is 1. The van der Waals surface area contributed by atoms with Crippen molar-refractivity contribution in [3.8, 4) is 0 Å². The summed E-state index contributed by atoms with van der Waals surface area (Å²) in [6, 6.07) is 8.56. The number of carbonyl (C=O) groups is 1. The van der Waals surface area contributed by atoms with E-state index in [0.717, 1.165) is 10.4 Å². The molecule has 0 unspecified atom stereocenters. The van der Waals surface area contributed by atoms with Crippen molar-refractivity contribution in [3.63, 3.8) is 0 Å². The van der Waals surface area contributed by atoms with Gasteiger partial charge in [-0.15, -0.1) is 0 Å². The number of anilines is 1. The van der Waals surface area contributed by atoms with Crippen LogP contribution in [0.3, 0.4) is 0 Å². The molecule has 0 heterocycles. The van der Waals surface area contributed by atoms with Crippen LogP contribution < -0.4 is 4.31 Å². The molecule has 0 amide bonds. The van der Waals surface area contributed by atoms with Crippen LogP contribution in [0.4, 0.5) is 11.4 Å². The lowest BCUT2D eigenvalue weighted by Crippen LogP contribution is -2.37. The van der Waals surface area contributed by atoms with E-state index < -0.39 is 27.5 Å². The van der Waals surface area contributed by atoms with Gasteiger partial charge in [0.2, 0.25) is 0 Å². The van der Waals surface area contributed by atoms with Gasteiger partial charge in [0.15, 0.2) is 0 Å². The van der Waals surface area contributed by atoms with Gasteiger partial charge in [0.25, 0.3) is 15.7 Å². The van der Waals surface area contributed by atoms with E-state index in [4.69, 9.17) is 0 Å². The number of hydrogen-bond acceptors (Lipinski definition) is 5. The smallest absolute Gasteiger partial charge is 0.324 e. The van der Waals surface area contributed by atoms with Crippen LogP contribution in [0.15, 0.2) is 41.3 Å². The molecule has 0 aliphatic carbocycles. The zero-order chi connectivity index (χ0) is 19.6. The summed E-state index contributed by atoms with van der Waals surface area (Å²) < 4.78 is 27.2. The molecule has 1 N–H and O–H groups in total. The number of carboxylic acid groups (broad SMARTS) is 1. The standard InChI is InChI=1S/C17H18N2O6S/c1-11-7-8-14(19(22)23)9-15(11)26(24,25)18(10-16(20)21)17-12(2)5-4-6-13(17)3/h4-9H,10H2,1-3H3,(H,20,21). The lowest BCUT2D eigenvalue weighted by atomic mass is 10.1. The molecule has 0 saturated heterocycles. The number of nitro groups is 1. The highest BCUT2D eigenvalue weighted by Crippen LogP contribution is 2.32. The highest BCUT2D eigenvalue weighted by atomic mass is 32.2. The third-order valence-electron chi connectivity index (χ3n) is 3.92. The average Bonchev–Trinajstić information content (AvgIpc) is 2.53. The predicted octanol–water partition coefficient (Wildman–Crippen LogP) is 2.80. The first-order chi connectivity index (χ1) is 12.1. The van der Waals surface area contributed by atoms with Crippen LogP contribution in [-0.2, 0) is 14.8 Å². The molecule has 0 spiro atoms. The predicted molar refractivity (Wildman–Crippen MR) is 95.9 cm³/mol. The summed E-state index contributed by atoms with van der Waals surface area (Å²) in [6.07, 6.45) is 0. The Morgan fingerprint density at radius 1 is 1.12 bits per heavy atom. The van der Waals surface area contributed by atoms with Crippen molar-refractivity contribution in [2.75, 3.05) is 10.8 Å². The van der Waals surface area contributed by atoms with Crippen molar-refractivity contribution in [1.29, 1.82) is 0 Å². The topological polar surface area (TPSA) is 118 Å². The number of sulfonamides is 1. The summed E-state index contributed by atoms with van der Waals surface area (Å²) in [6.45, 7) is 4.05. The zero-order valence-electron chi connectivity index (χ0n) is 14.5. The van der Waals surface area contributed by atoms with E-state index in [-0.39, 0.29) is 21.8 Å². The third kappa shape index (κ3) is 3.67. The number of aliphatic carboxylic acids is 1. The highest BCUT2D eigenvalue weighted by Gasteiger charge is 2.31. The summed E-state index contributed by atoms with van der Waals surface area (Å²) >= 11 is 0. The molecule has 0 aromatic heterocycles. The summed E-state index contributed by atoms with van der Waals surface area (Å²) in [5, 5.41) is 20.3. The highest BCUT2D eigenvalue weighted by molar-refractivity contribution is 7.93. The van der Waals surface area contributed by atoms with Crippen LogP contribution >= 0.6 is 0 Å². The molecule has 0 aliphatic heterocycles. The lowest BCUT2D eigenvalue weighted by Gasteiger charge is -2.26. The van der Waals surface area contributed by atoms with Crippen molar-refractivity contribution < 1.29 is 23.2 Å². The van der Waals surface area contributed by atoms with Gasteiger partial charge in [-0.05, 0) is 37.5 Å². The maximum absolute atomic E-state index is 13.2. The molecule has 0 radical (unpaired) electrons. The van der Waals surface area contributed by atoms with Crippen molar-refractivity contribution >= 4 is 27.4 Å². The second-order valence-corrected chi connectivity index (χ2v) is 7.68. The van der Waals surface area contributed by atoms with Crippen LogP contribution in [0.2, 0.25) is 0 Å². The number of carboxylic acids is 1. The minimum Gasteiger partial charge on any atom is -0.480 e. The number of non-ortho nitro benzene ring substituents is 1. The Kier molecular flexibility index (Phi) is 5.31. The minimum absolute atomic E-state index is 0.251.